The number of nitrogens with two attached hydrogens (primary N) is 1. The highest BCUT2D eigenvalue weighted by molar-refractivity contribution is 8.77. The zero-order chi connectivity index (χ0) is 52.5. The van der Waals surface area contributed by atoms with E-state index in [4.69, 9.17) is 38.9 Å². The van der Waals surface area contributed by atoms with Gasteiger partial charge in [0.2, 0.25) is 5.91 Å². The summed E-state index contributed by atoms with van der Waals surface area (Å²) in [6.45, 7) is 9.48. The molecule has 0 bridgehead atoms. The molecule has 0 radical (unpaired) electrons. The first-order valence-corrected chi connectivity index (χ1v) is 27.9. The molecular formula is C57H68N6O10S2. The molecule has 0 saturated carbocycles. The molecule has 9 rings (SSSR count). The van der Waals surface area contributed by atoms with Gasteiger partial charge in [0.05, 0.1) is 81.8 Å². The van der Waals surface area contributed by atoms with Crippen LogP contribution in [0, 0.1) is 0 Å². The first-order chi connectivity index (χ1) is 36.4. The minimum atomic E-state index is -0.295. The third-order valence-corrected chi connectivity index (χ3v) is 17.1. The summed E-state index contributed by atoms with van der Waals surface area (Å²) in [5.41, 5.74) is 14.7. The quantitative estimate of drug-likeness (QED) is 0.0354. The summed E-state index contributed by atoms with van der Waals surface area (Å²) in [5.74, 6) is 2.20. The molecule has 16 nitrogen and oxygen atoms in total. The average Bonchev–Trinajstić information content (AvgIpc) is 3.91. The predicted octanol–water partition coefficient (Wildman–Crippen LogP) is 8.77. The van der Waals surface area contributed by atoms with Crippen LogP contribution >= 0.6 is 21.6 Å². The number of carbonyl (C=O) groups excluding carboxylic acids is 3. The summed E-state index contributed by atoms with van der Waals surface area (Å²) < 4.78 is 41.9. The van der Waals surface area contributed by atoms with Crippen LogP contribution in [0.5, 0.6) is 23.0 Å². The Bertz CT molecular complexity index is 2700. The average molecular weight is 1060 g/mol. The number of carbonyl (C=O) groups is 3. The molecule has 5 aromatic rings. The van der Waals surface area contributed by atoms with E-state index in [2.05, 4.69) is 59.7 Å². The molecule has 4 aliphatic rings. The fraction of sp³-hybridized carbons (Fsp3) is 0.421. The second-order valence-corrected chi connectivity index (χ2v) is 22.8. The van der Waals surface area contributed by atoms with Crippen molar-refractivity contribution in [3.63, 3.8) is 0 Å². The first-order valence-electron chi connectivity index (χ1n) is 25.5. The van der Waals surface area contributed by atoms with Crippen molar-refractivity contribution in [1.82, 2.24) is 0 Å². The molecule has 18 heteroatoms. The van der Waals surface area contributed by atoms with Crippen LogP contribution < -0.4 is 50.0 Å². The Hall–Kier alpha value is -6.31. The molecule has 0 saturated heterocycles. The van der Waals surface area contributed by atoms with Gasteiger partial charge < -0.3 is 64.2 Å². The summed E-state index contributed by atoms with van der Waals surface area (Å²) >= 11 is 0. The molecule has 75 heavy (non-hydrogen) atoms. The van der Waals surface area contributed by atoms with Gasteiger partial charge in [0.25, 0.3) is 11.8 Å². The van der Waals surface area contributed by atoms with Crippen molar-refractivity contribution in [3.8, 4) is 23.0 Å². The number of nitrogens with one attached hydrogen (secondary N) is 2. The van der Waals surface area contributed by atoms with Crippen LogP contribution in [0.4, 0.5) is 28.4 Å². The number of methoxy groups -OCH3 is 3. The van der Waals surface area contributed by atoms with Crippen molar-refractivity contribution in [1.29, 1.82) is 0 Å². The summed E-state index contributed by atoms with van der Waals surface area (Å²) in [7, 11) is 8.32. The van der Waals surface area contributed by atoms with Gasteiger partial charge in [-0.15, -0.1) is 0 Å². The van der Waals surface area contributed by atoms with E-state index in [0.29, 0.717) is 118 Å². The topological polar surface area (TPSA) is 176 Å². The standard InChI is InChI=1S/C57H68N6O10S2/c1-57(2,75-74-22-10-15-54(58)64)36-61(16-17-70-20-21-71-19-18-67-3)41-24-37(34-72-52-30-46-44(28-50(52)68-4)55(65)62-42(32-59-46)26-39-11-6-8-13-48(39)62)23-38(25-41)35-73-53-31-47-45(29-51(53)69-5)56(66)63-43(33-60-47)27-40-12-7-9-14-49(40)63/h6-9,11-14,23-25,28-31,42-43,59-60H,10,15-22,26-27,32-36H2,1-5H3,(H2,58,64)/t42-,43-/m0/s1. The summed E-state index contributed by atoms with van der Waals surface area (Å²) in [6, 6.07) is 29.7. The first kappa shape index (κ1) is 53.5. The van der Waals surface area contributed by atoms with E-state index in [9.17, 15) is 14.4 Å². The smallest absolute Gasteiger partial charge is 0.260 e. The Morgan fingerprint density at radius 3 is 1.73 bits per heavy atom. The number of benzene rings is 5. The third kappa shape index (κ3) is 12.7. The molecule has 5 aromatic carbocycles. The number of hydrogen-bond acceptors (Lipinski definition) is 15. The lowest BCUT2D eigenvalue weighted by atomic mass is 10.1. The number of fused-ring (bicyclic) bond motifs is 8. The highest BCUT2D eigenvalue weighted by Crippen LogP contribution is 2.43. The maximum absolute atomic E-state index is 14.2. The molecule has 3 amide bonds. The third-order valence-electron chi connectivity index (χ3n) is 13.7. The fourth-order valence-electron chi connectivity index (χ4n) is 10.2. The number of primary amides is 1. The normalized spacial score (nSPS) is 16.3. The molecule has 4 N–H and O–H groups in total. The van der Waals surface area contributed by atoms with Gasteiger partial charge in [-0.1, -0.05) is 58.0 Å². The molecule has 4 aliphatic heterocycles. The van der Waals surface area contributed by atoms with Gasteiger partial charge in [0, 0.05) is 79.4 Å². The summed E-state index contributed by atoms with van der Waals surface area (Å²) in [4.78, 5) is 46.1. The largest absolute Gasteiger partial charge is 0.493 e. The van der Waals surface area contributed by atoms with Crippen molar-refractivity contribution in [2.24, 2.45) is 5.73 Å². The summed E-state index contributed by atoms with van der Waals surface area (Å²) in [5, 5.41) is 7.10. The van der Waals surface area contributed by atoms with Gasteiger partial charge in [-0.05, 0) is 97.8 Å². The van der Waals surface area contributed by atoms with Crippen molar-refractivity contribution < 1.29 is 47.5 Å². The van der Waals surface area contributed by atoms with E-state index in [1.165, 1.54) is 0 Å². The maximum atomic E-state index is 14.2. The molecular weight excluding hydrogens is 993 g/mol. The Balaban J connectivity index is 0.999. The van der Waals surface area contributed by atoms with Crippen molar-refractivity contribution >= 4 is 67.7 Å². The van der Waals surface area contributed by atoms with Crippen molar-refractivity contribution in [2.45, 2.75) is 69.6 Å². The molecule has 0 aliphatic carbocycles. The van der Waals surface area contributed by atoms with Crippen LogP contribution in [0.25, 0.3) is 0 Å². The lowest BCUT2D eigenvalue weighted by Crippen LogP contribution is -2.39. The van der Waals surface area contributed by atoms with E-state index in [0.717, 1.165) is 57.9 Å². The van der Waals surface area contributed by atoms with Gasteiger partial charge in [0.15, 0.2) is 23.0 Å². The monoisotopic (exact) mass is 1060 g/mol. The van der Waals surface area contributed by atoms with Gasteiger partial charge in [-0.3, -0.25) is 14.4 Å². The Labute approximate surface area is 447 Å². The van der Waals surface area contributed by atoms with Crippen LogP contribution in [0.2, 0.25) is 0 Å². The lowest BCUT2D eigenvalue weighted by Gasteiger charge is -2.34. The van der Waals surface area contributed by atoms with E-state index in [-0.39, 0.29) is 47.8 Å². The highest BCUT2D eigenvalue weighted by Gasteiger charge is 2.39. The maximum Gasteiger partial charge on any atom is 0.260 e. The van der Waals surface area contributed by atoms with E-state index < -0.39 is 0 Å². The highest BCUT2D eigenvalue weighted by atomic mass is 33.1. The molecule has 0 aromatic heterocycles. The van der Waals surface area contributed by atoms with E-state index >= 15 is 0 Å². The lowest BCUT2D eigenvalue weighted by molar-refractivity contribution is -0.118. The number of ether oxygens (including phenoxy) is 7. The van der Waals surface area contributed by atoms with Crippen molar-refractivity contribution in [3.05, 3.63) is 124 Å². The number of nitrogens with zero attached hydrogens (tertiary/aromatic N) is 3. The number of rotatable bonds is 26. The van der Waals surface area contributed by atoms with Crippen LogP contribution in [-0.2, 0) is 45.1 Å². The van der Waals surface area contributed by atoms with Crippen LogP contribution in [0.1, 0.15) is 69.7 Å². The van der Waals surface area contributed by atoms with Crippen LogP contribution in [0.15, 0.2) is 91.0 Å². The number of anilines is 5. The number of amides is 3. The van der Waals surface area contributed by atoms with Gasteiger partial charge in [-0.2, -0.15) is 0 Å². The minimum Gasteiger partial charge on any atom is -0.493 e. The van der Waals surface area contributed by atoms with Crippen LogP contribution in [-0.4, -0.2) is 121 Å². The second kappa shape index (κ2) is 24.6. The van der Waals surface area contributed by atoms with E-state index in [1.807, 2.05) is 58.3 Å². The Morgan fingerprint density at radius 2 is 1.21 bits per heavy atom. The molecule has 4 heterocycles. The zero-order valence-electron chi connectivity index (χ0n) is 43.4. The Morgan fingerprint density at radius 1 is 0.693 bits per heavy atom. The molecule has 398 valence electrons. The fourth-order valence-corrected chi connectivity index (χ4v) is 12.8. The van der Waals surface area contributed by atoms with Crippen molar-refractivity contribution in [2.75, 3.05) is 112 Å². The van der Waals surface area contributed by atoms with Gasteiger partial charge >= 0.3 is 0 Å². The van der Waals surface area contributed by atoms with Gasteiger partial charge in [0.1, 0.15) is 13.2 Å². The second-order valence-electron chi connectivity index (χ2n) is 19.6. The molecule has 0 unspecified atom stereocenters. The zero-order valence-corrected chi connectivity index (χ0v) is 45.1. The van der Waals surface area contributed by atoms with E-state index in [1.54, 1.807) is 55.0 Å². The number of para-hydroxylation sites is 2. The van der Waals surface area contributed by atoms with Gasteiger partial charge in [-0.25, -0.2) is 0 Å². The Kier molecular flexibility index (Phi) is 17.5. The molecule has 2 atom stereocenters. The van der Waals surface area contributed by atoms with Crippen LogP contribution in [0.3, 0.4) is 0 Å². The minimum absolute atomic E-state index is 0.0205. The molecule has 0 fully saturated rings. The number of hydrogen-bond donors (Lipinski definition) is 3. The molecule has 0 spiro atoms. The predicted molar refractivity (Wildman–Crippen MR) is 298 cm³/mol. The summed E-state index contributed by atoms with van der Waals surface area (Å²) in [6.07, 6.45) is 2.61. The SMILES string of the molecule is COCCOCCOCCN(CC(C)(C)SSCCCC(N)=O)c1cc(COc2cc3c(cc2OC)C(=O)N2c4ccccc4C[C@H]2CN3)cc(COc2cc3c(cc2OC)C(=O)N2c4ccccc4C[C@H]2CN3)c1.